The molecule has 2 N–H and O–H groups in total. The Bertz CT molecular complexity index is 1230. The first-order valence-electron chi connectivity index (χ1n) is 11.1. The average Bonchev–Trinajstić information content (AvgIpc) is 3.14. The van der Waals surface area contributed by atoms with Gasteiger partial charge in [-0.25, -0.2) is 4.39 Å². The molecule has 3 amide bonds. The molecule has 0 fully saturated rings. The Labute approximate surface area is 197 Å². The van der Waals surface area contributed by atoms with Crippen LogP contribution in [0.1, 0.15) is 29.0 Å². The zero-order chi connectivity index (χ0) is 24.2. The third-order valence-corrected chi connectivity index (χ3v) is 6.08. The van der Waals surface area contributed by atoms with Gasteiger partial charge >= 0.3 is 0 Å². The maximum absolute atomic E-state index is 13.7. The SMILES string of the molecule is Cc1cccc2c1NC(=O)C2CC(=O)NC(Cc1ccccc1)C(=O)N(C)c1cccc(F)c1. The summed E-state index contributed by atoms with van der Waals surface area (Å²) < 4.78 is 13.7. The van der Waals surface area contributed by atoms with Crippen LogP contribution in [0.2, 0.25) is 0 Å². The van der Waals surface area contributed by atoms with Crippen LogP contribution in [-0.4, -0.2) is 30.8 Å². The summed E-state index contributed by atoms with van der Waals surface area (Å²) in [4.78, 5) is 40.3. The molecule has 7 heteroatoms. The average molecular weight is 460 g/mol. The Morgan fingerprint density at radius 3 is 2.53 bits per heavy atom. The Morgan fingerprint density at radius 2 is 1.79 bits per heavy atom. The van der Waals surface area contributed by atoms with Crippen molar-refractivity contribution in [2.24, 2.45) is 0 Å². The van der Waals surface area contributed by atoms with Gasteiger partial charge in [-0.3, -0.25) is 14.4 Å². The van der Waals surface area contributed by atoms with Crippen molar-refractivity contribution in [3.63, 3.8) is 0 Å². The van der Waals surface area contributed by atoms with Crippen molar-refractivity contribution in [3.05, 3.63) is 95.3 Å². The maximum atomic E-state index is 13.7. The number of aryl methyl sites for hydroxylation is 1. The van der Waals surface area contributed by atoms with E-state index >= 15 is 0 Å². The van der Waals surface area contributed by atoms with Crippen molar-refractivity contribution < 1.29 is 18.8 Å². The van der Waals surface area contributed by atoms with Gasteiger partial charge < -0.3 is 15.5 Å². The lowest BCUT2D eigenvalue weighted by Gasteiger charge is -2.25. The van der Waals surface area contributed by atoms with Crippen LogP contribution < -0.4 is 15.5 Å². The van der Waals surface area contributed by atoms with Crippen LogP contribution >= 0.6 is 0 Å². The van der Waals surface area contributed by atoms with Crippen molar-refractivity contribution in [3.8, 4) is 0 Å². The molecule has 2 unspecified atom stereocenters. The van der Waals surface area contributed by atoms with E-state index in [1.54, 1.807) is 13.1 Å². The molecule has 6 nitrogen and oxygen atoms in total. The zero-order valence-corrected chi connectivity index (χ0v) is 19.0. The summed E-state index contributed by atoms with van der Waals surface area (Å²) >= 11 is 0. The molecular formula is C27H26FN3O3. The summed E-state index contributed by atoms with van der Waals surface area (Å²) in [5.74, 6) is -2.10. The predicted molar refractivity (Wildman–Crippen MR) is 129 cm³/mol. The zero-order valence-electron chi connectivity index (χ0n) is 19.0. The number of anilines is 2. The minimum Gasteiger partial charge on any atom is -0.344 e. The van der Waals surface area contributed by atoms with Crippen LogP contribution in [-0.2, 0) is 20.8 Å². The molecule has 3 aromatic carbocycles. The highest BCUT2D eigenvalue weighted by molar-refractivity contribution is 6.06. The standard InChI is InChI=1S/C27H26FN3O3/c1-17-8-6-13-21-22(26(33)30-25(17)21)16-24(32)29-23(14-18-9-4-3-5-10-18)27(34)31(2)20-12-7-11-19(28)15-20/h3-13,15,22-23H,14,16H2,1-2H3,(H,29,32)(H,30,33). The molecule has 0 aromatic heterocycles. The van der Waals surface area contributed by atoms with Crippen molar-refractivity contribution >= 4 is 29.1 Å². The number of rotatable bonds is 7. The van der Waals surface area contributed by atoms with Gasteiger partial charge in [0.15, 0.2) is 0 Å². The third-order valence-electron chi connectivity index (χ3n) is 6.08. The second-order valence-corrected chi connectivity index (χ2v) is 8.47. The molecule has 174 valence electrons. The first-order chi connectivity index (χ1) is 16.3. The fourth-order valence-electron chi connectivity index (χ4n) is 4.24. The Morgan fingerprint density at radius 1 is 1.06 bits per heavy atom. The number of benzene rings is 3. The number of nitrogens with one attached hydrogen (secondary N) is 2. The lowest BCUT2D eigenvalue weighted by Crippen LogP contribution is -2.49. The largest absolute Gasteiger partial charge is 0.344 e. The van der Waals surface area contributed by atoms with Gasteiger partial charge in [-0.15, -0.1) is 0 Å². The van der Waals surface area contributed by atoms with Gasteiger partial charge in [-0.05, 0) is 41.8 Å². The van der Waals surface area contributed by atoms with Gasteiger partial charge in [0, 0.05) is 31.3 Å². The van der Waals surface area contributed by atoms with Crippen molar-refractivity contribution in [1.82, 2.24) is 5.32 Å². The summed E-state index contributed by atoms with van der Waals surface area (Å²) in [6.45, 7) is 1.90. The number of carbonyl (C=O) groups is 3. The Balaban J connectivity index is 1.54. The fourth-order valence-corrected chi connectivity index (χ4v) is 4.24. The monoisotopic (exact) mass is 459 g/mol. The molecule has 0 bridgehead atoms. The highest BCUT2D eigenvalue weighted by atomic mass is 19.1. The number of hydrogen-bond donors (Lipinski definition) is 2. The summed E-state index contributed by atoms with van der Waals surface area (Å²) in [6, 6.07) is 19.8. The summed E-state index contributed by atoms with van der Waals surface area (Å²) in [5, 5.41) is 5.67. The second kappa shape index (κ2) is 9.87. The van der Waals surface area contributed by atoms with Crippen LogP contribution in [0.5, 0.6) is 0 Å². The van der Waals surface area contributed by atoms with Gasteiger partial charge in [0.05, 0.1) is 5.92 Å². The number of halogens is 1. The van der Waals surface area contributed by atoms with Crippen molar-refractivity contribution in [1.29, 1.82) is 0 Å². The molecule has 0 spiro atoms. The van der Waals surface area contributed by atoms with Crippen molar-refractivity contribution in [2.45, 2.75) is 31.7 Å². The van der Waals surface area contributed by atoms with Gasteiger partial charge in [-0.2, -0.15) is 0 Å². The molecule has 1 aliphatic heterocycles. The quantitative estimate of drug-likeness (QED) is 0.562. The summed E-state index contributed by atoms with van der Waals surface area (Å²) in [6.07, 6.45) is 0.183. The van der Waals surface area contributed by atoms with Crippen LogP contribution in [0, 0.1) is 12.7 Å². The number of fused-ring (bicyclic) bond motifs is 1. The van der Waals surface area contributed by atoms with Gasteiger partial charge in [-0.1, -0.05) is 54.6 Å². The highest BCUT2D eigenvalue weighted by Crippen LogP contribution is 2.36. The van der Waals surface area contributed by atoms with Crippen LogP contribution in [0.25, 0.3) is 0 Å². The second-order valence-electron chi connectivity index (χ2n) is 8.47. The molecule has 0 saturated heterocycles. The predicted octanol–water partition coefficient (Wildman–Crippen LogP) is 3.95. The van der Waals surface area contributed by atoms with Crippen LogP contribution in [0.15, 0.2) is 72.8 Å². The maximum Gasteiger partial charge on any atom is 0.249 e. The minimum absolute atomic E-state index is 0.0788. The molecule has 0 radical (unpaired) electrons. The van der Waals surface area contributed by atoms with Gasteiger partial charge in [0.1, 0.15) is 11.9 Å². The van der Waals surface area contributed by atoms with E-state index < -0.39 is 23.7 Å². The molecule has 3 aromatic rings. The number of hydrogen-bond acceptors (Lipinski definition) is 3. The highest BCUT2D eigenvalue weighted by Gasteiger charge is 2.34. The Kier molecular flexibility index (Phi) is 6.72. The molecule has 4 rings (SSSR count). The molecule has 1 heterocycles. The molecule has 2 atom stereocenters. The number of carbonyl (C=O) groups excluding carboxylic acids is 3. The molecular weight excluding hydrogens is 433 g/mol. The lowest BCUT2D eigenvalue weighted by atomic mass is 9.95. The van der Waals surface area contributed by atoms with E-state index in [0.717, 1.165) is 22.4 Å². The van der Waals surface area contributed by atoms with E-state index in [1.165, 1.54) is 23.1 Å². The van der Waals surface area contributed by atoms with E-state index in [4.69, 9.17) is 0 Å². The molecule has 1 aliphatic rings. The lowest BCUT2D eigenvalue weighted by molar-refractivity contribution is -0.128. The summed E-state index contributed by atoms with van der Waals surface area (Å²) in [7, 11) is 1.55. The van der Waals surface area contributed by atoms with E-state index in [-0.39, 0.29) is 24.7 Å². The molecule has 0 aliphatic carbocycles. The van der Waals surface area contributed by atoms with Crippen LogP contribution in [0.3, 0.4) is 0 Å². The minimum atomic E-state index is -0.885. The van der Waals surface area contributed by atoms with E-state index in [1.807, 2.05) is 55.5 Å². The number of likely N-dealkylation sites (N-methyl/N-ethyl adjacent to an activating group) is 1. The number of para-hydroxylation sites is 1. The van der Waals surface area contributed by atoms with Gasteiger partial charge in [0.2, 0.25) is 17.7 Å². The number of nitrogens with zero attached hydrogens (tertiary/aromatic N) is 1. The topological polar surface area (TPSA) is 78.5 Å². The normalized spacial score (nSPS) is 15.3. The van der Waals surface area contributed by atoms with E-state index in [0.29, 0.717) is 5.69 Å². The third kappa shape index (κ3) is 4.98. The first kappa shape index (κ1) is 23.2. The van der Waals surface area contributed by atoms with Crippen molar-refractivity contribution in [2.75, 3.05) is 17.3 Å². The summed E-state index contributed by atoms with van der Waals surface area (Å²) in [5.41, 5.74) is 3.71. The molecule has 34 heavy (non-hydrogen) atoms. The number of amides is 3. The van der Waals surface area contributed by atoms with Gasteiger partial charge in [0.25, 0.3) is 0 Å². The fraction of sp³-hybridized carbons (Fsp3) is 0.222. The molecule has 0 saturated carbocycles. The van der Waals surface area contributed by atoms with Crippen LogP contribution in [0.4, 0.5) is 15.8 Å². The van der Waals surface area contributed by atoms with E-state index in [2.05, 4.69) is 10.6 Å². The Hall–Kier alpha value is -4.00. The first-order valence-corrected chi connectivity index (χ1v) is 11.1. The van der Waals surface area contributed by atoms with E-state index in [9.17, 15) is 18.8 Å². The smallest absolute Gasteiger partial charge is 0.249 e.